The highest BCUT2D eigenvalue weighted by Crippen LogP contribution is 2.49. The Hall–Kier alpha value is -3.40. The first-order valence-corrected chi connectivity index (χ1v) is 16.8. The van der Waals surface area contributed by atoms with Gasteiger partial charge in [0.25, 0.3) is 0 Å². The molecule has 5 rings (SSSR count). The summed E-state index contributed by atoms with van der Waals surface area (Å²) in [5.74, 6) is 0.342. The van der Waals surface area contributed by atoms with Gasteiger partial charge in [-0.2, -0.15) is 9.97 Å². The molecule has 0 spiro atoms. The van der Waals surface area contributed by atoms with Crippen LogP contribution in [0.3, 0.4) is 0 Å². The molecule has 0 bridgehead atoms. The Labute approximate surface area is 272 Å². The van der Waals surface area contributed by atoms with Crippen LogP contribution in [0.4, 0.5) is 5.95 Å². The van der Waals surface area contributed by atoms with Crippen molar-refractivity contribution in [2.24, 2.45) is 5.41 Å². The molecular weight excluding hydrogens is 631 g/mol. The van der Waals surface area contributed by atoms with E-state index in [2.05, 4.69) is 20.0 Å². The number of anilines is 1. The molecule has 1 aliphatic rings. The lowest BCUT2D eigenvalue weighted by Gasteiger charge is -2.29. The minimum absolute atomic E-state index is 0.0823. The summed E-state index contributed by atoms with van der Waals surface area (Å²) in [5.41, 5.74) is 4.29. The van der Waals surface area contributed by atoms with Crippen LogP contribution >= 0.6 is 7.75 Å². The van der Waals surface area contributed by atoms with E-state index in [1.807, 2.05) is 51.1 Å². The van der Waals surface area contributed by atoms with E-state index in [1.54, 1.807) is 26.0 Å². The second kappa shape index (κ2) is 13.6. The SMILES string of the molecule is CCOc1nc(N)nc2c1ncn2C1OC(COP(=O)(NC(C)C(O)OCC(C)(C)C)Oc2cccc3ccccc23)C(O)C1(C)O. The van der Waals surface area contributed by atoms with E-state index in [0.717, 1.165) is 5.39 Å². The van der Waals surface area contributed by atoms with Crippen molar-refractivity contribution in [3.8, 4) is 11.6 Å². The number of benzene rings is 2. The van der Waals surface area contributed by atoms with Crippen molar-refractivity contribution in [2.75, 3.05) is 25.6 Å². The van der Waals surface area contributed by atoms with Crippen molar-refractivity contribution >= 4 is 35.6 Å². The Balaban J connectivity index is 1.40. The van der Waals surface area contributed by atoms with Crippen LogP contribution in [0.25, 0.3) is 21.9 Å². The quantitative estimate of drug-likeness (QED) is 0.102. The standard InChI is InChI=1S/C31H43N6O9P/c1-7-42-26-23-25(34-29(32)35-26)37(17-33-23)28-31(6,40)24(38)22(45-28)15-44-47(41,36-18(2)27(39)43-16-30(3,4)5)46-21-14-10-12-19-11-8-9-13-20(19)21/h8-14,17-18,22,24,27-28,38-40H,7,15-16H2,1-6H3,(H,36,41)(H2,32,34,35). The number of aromatic nitrogens is 4. The van der Waals surface area contributed by atoms with Gasteiger partial charge in [-0.25, -0.2) is 14.6 Å². The van der Waals surface area contributed by atoms with Crippen molar-refractivity contribution in [1.29, 1.82) is 0 Å². The number of ether oxygens (including phenoxy) is 3. The smallest absolute Gasteiger partial charge is 0.459 e. The summed E-state index contributed by atoms with van der Waals surface area (Å²) < 4.78 is 45.0. The summed E-state index contributed by atoms with van der Waals surface area (Å²) in [6, 6.07) is 11.8. The van der Waals surface area contributed by atoms with Crippen LogP contribution in [-0.4, -0.2) is 84.8 Å². The average molecular weight is 675 g/mol. The molecule has 3 heterocycles. The molecule has 2 aromatic heterocycles. The lowest BCUT2D eigenvalue weighted by molar-refractivity contribution is -0.131. The number of nitrogen functional groups attached to an aromatic ring is 1. The molecule has 6 N–H and O–H groups in total. The zero-order chi connectivity index (χ0) is 34.1. The molecule has 16 heteroatoms. The number of nitrogens with zero attached hydrogens (tertiary/aromatic N) is 4. The third-order valence-electron chi connectivity index (χ3n) is 7.55. The van der Waals surface area contributed by atoms with E-state index in [1.165, 1.54) is 17.8 Å². The molecule has 0 amide bonds. The number of hydrogen-bond donors (Lipinski definition) is 5. The third kappa shape index (κ3) is 7.68. The highest BCUT2D eigenvalue weighted by Gasteiger charge is 2.54. The van der Waals surface area contributed by atoms with Crippen molar-refractivity contribution < 1.29 is 43.1 Å². The van der Waals surface area contributed by atoms with Crippen LogP contribution in [0.2, 0.25) is 0 Å². The van der Waals surface area contributed by atoms with Gasteiger partial charge in [0.05, 0.1) is 32.2 Å². The van der Waals surface area contributed by atoms with E-state index < -0.39 is 50.7 Å². The lowest BCUT2D eigenvalue weighted by Crippen LogP contribution is -2.44. The molecule has 47 heavy (non-hydrogen) atoms. The van der Waals surface area contributed by atoms with Gasteiger partial charge in [-0.3, -0.25) is 9.09 Å². The molecule has 0 aliphatic carbocycles. The Morgan fingerprint density at radius 2 is 1.91 bits per heavy atom. The maximum atomic E-state index is 14.4. The largest absolute Gasteiger partial charge is 0.476 e. The van der Waals surface area contributed by atoms with Gasteiger partial charge in [0, 0.05) is 5.39 Å². The maximum absolute atomic E-state index is 14.4. The summed E-state index contributed by atoms with van der Waals surface area (Å²) in [6.07, 6.45) is -3.90. The van der Waals surface area contributed by atoms with Crippen molar-refractivity contribution in [3.63, 3.8) is 0 Å². The van der Waals surface area contributed by atoms with Crippen LogP contribution in [-0.2, 0) is 18.6 Å². The molecule has 0 radical (unpaired) electrons. The fourth-order valence-corrected chi connectivity index (χ4v) is 6.72. The summed E-state index contributed by atoms with van der Waals surface area (Å²) >= 11 is 0. The molecule has 0 saturated carbocycles. The van der Waals surface area contributed by atoms with Crippen LogP contribution in [0, 0.1) is 5.41 Å². The zero-order valence-electron chi connectivity index (χ0n) is 27.2. The molecule has 1 fully saturated rings. The monoisotopic (exact) mass is 674 g/mol. The van der Waals surface area contributed by atoms with Crippen molar-refractivity contribution in [1.82, 2.24) is 24.6 Å². The minimum Gasteiger partial charge on any atom is -0.476 e. The number of nitrogens with one attached hydrogen (secondary N) is 1. The second-order valence-corrected chi connectivity index (χ2v) is 14.6. The minimum atomic E-state index is -4.32. The number of nitrogens with two attached hydrogens (primary N) is 1. The Morgan fingerprint density at radius 1 is 1.19 bits per heavy atom. The molecule has 1 aliphatic heterocycles. The maximum Gasteiger partial charge on any atom is 0.459 e. The number of aliphatic hydroxyl groups excluding tert-OH is 2. The molecule has 256 valence electrons. The van der Waals surface area contributed by atoms with E-state index in [-0.39, 0.29) is 40.8 Å². The van der Waals surface area contributed by atoms with Crippen molar-refractivity contribution in [2.45, 2.75) is 77.9 Å². The van der Waals surface area contributed by atoms with Gasteiger partial charge in [0.15, 0.2) is 23.7 Å². The van der Waals surface area contributed by atoms with Crippen LogP contribution in [0.1, 0.15) is 47.8 Å². The van der Waals surface area contributed by atoms with Gasteiger partial charge in [0.2, 0.25) is 11.8 Å². The Bertz CT molecular complexity index is 1740. The summed E-state index contributed by atoms with van der Waals surface area (Å²) in [6.45, 7) is 10.7. The number of imidazole rings is 1. The first-order valence-electron chi connectivity index (χ1n) is 15.3. The predicted molar refractivity (Wildman–Crippen MR) is 174 cm³/mol. The summed E-state index contributed by atoms with van der Waals surface area (Å²) in [4.78, 5) is 12.6. The Kier molecular flexibility index (Phi) is 10.1. The van der Waals surface area contributed by atoms with Gasteiger partial charge in [0.1, 0.15) is 23.6 Å². The van der Waals surface area contributed by atoms with E-state index >= 15 is 0 Å². The van der Waals surface area contributed by atoms with Gasteiger partial charge in [-0.05, 0) is 37.6 Å². The first-order chi connectivity index (χ1) is 22.1. The number of aliphatic hydroxyl groups is 3. The normalized spacial score (nSPS) is 24.3. The number of rotatable bonds is 13. The molecule has 2 aromatic carbocycles. The topological polar surface area (TPSA) is 206 Å². The third-order valence-corrected chi connectivity index (χ3v) is 9.20. The summed E-state index contributed by atoms with van der Waals surface area (Å²) in [5, 5.41) is 37.7. The second-order valence-electron chi connectivity index (χ2n) is 12.9. The van der Waals surface area contributed by atoms with Crippen LogP contribution in [0.15, 0.2) is 48.8 Å². The summed E-state index contributed by atoms with van der Waals surface area (Å²) in [7, 11) is -4.32. The van der Waals surface area contributed by atoms with Crippen LogP contribution in [0.5, 0.6) is 11.6 Å². The van der Waals surface area contributed by atoms with E-state index in [9.17, 15) is 19.9 Å². The molecule has 4 aromatic rings. The van der Waals surface area contributed by atoms with Gasteiger partial charge < -0.3 is 39.8 Å². The zero-order valence-corrected chi connectivity index (χ0v) is 28.1. The highest BCUT2D eigenvalue weighted by molar-refractivity contribution is 7.52. The number of fused-ring (bicyclic) bond motifs is 2. The lowest BCUT2D eigenvalue weighted by atomic mass is 9.96. The molecule has 7 unspecified atom stereocenters. The highest BCUT2D eigenvalue weighted by atomic mass is 31.2. The van der Waals surface area contributed by atoms with Gasteiger partial charge in [-0.1, -0.05) is 57.2 Å². The fourth-order valence-electron chi connectivity index (χ4n) is 5.15. The number of hydrogen-bond acceptors (Lipinski definition) is 13. The van der Waals surface area contributed by atoms with Gasteiger partial charge in [-0.15, -0.1) is 0 Å². The van der Waals surface area contributed by atoms with Gasteiger partial charge >= 0.3 is 7.75 Å². The molecule has 7 atom stereocenters. The average Bonchev–Trinajstić information content (AvgIpc) is 3.52. The first kappa shape index (κ1) is 34.9. The van der Waals surface area contributed by atoms with E-state index in [4.69, 9.17) is 29.0 Å². The van der Waals surface area contributed by atoms with Crippen LogP contribution < -0.4 is 20.1 Å². The van der Waals surface area contributed by atoms with Crippen molar-refractivity contribution in [3.05, 3.63) is 48.8 Å². The predicted octanol–water partition coefficient (Wildman–Crippen LogP) is 3.53. The van der Waals surface area contributed by atoms with E-state index in [0.29, 0.717) is 12.0 Å². The molecule has 15 nitrogen and oxygen atoms in total. The molecule has 1 saturated heterocycles. The fraction of sp³-hybridized carbons (Fsp3) is 0.516. The molecular formula is C31H43N6O9P. The Morgan fingerprint density at radius 3 is 2.64 bits per heavy atom.